The molecule has 0 bridgehead atoms. The molecular formula is C14H21N3O2. The quantitative estimate of drug-likeness (QED) is 0.668. The van der Waals surface area contributed by atoms with Crippen molar-refractivity contribution in [3.63, 3.8) is 0 Å². The van der Waals surface area contributed by atoms with E-state index in [-0.39, 0.29) is 16.7 Å². The lowest BCUT2D eigenvalue weighted by Gasteiger charge is -2.35. The molecule has 1 aliphatic heterocycles. The molecule has 0 aromatic heterocycles. The van der Waals surface area contributed by atoms with Crippen LogP contribution in [0.15, 0.2) is 24.3 Å². The Labute approximate surface area is 113 Å². The average Bonchev–Trinajstić information content (AvgIpc) is 2.46. The van der Waals surface area contributed by atoms with E-state index in [4.69, 9.17) is 5.73 Å². The molecule has 1 fully saturated rings. The van der Waals surface area contributed by atoms with Crippen molar-refractivity contribution in [3.05, 3.63) is 39.9 Å². The maximum Gasteiger partial charge on any atom is 0.274 e. The summed E-state index contributed by atoms with van der Waals surface area (Å²) in [5.74, 6) is 0.606. The Hall–Kier alpha value is -1.46. The van der Waals surface area contributed by atoms with Gasteiger partial charge in [-0.1, -0.05) is 18.2 Å². The number of nitrogens with two attached hydrogens (primary N) is 1. The van der Waals surface area contributed by atoms with E-state index in [1.165, 1.54) is 0 Å². The predicted octanol–water partition coefficient (Wildman–Crippen LogP) is 2.33. The molecular weight excluding hydrogens is 242 g/mol. The third kappa shape index (κ3) is 3.11. The second-order valence-corrected chi connectivity index (χ2v) is 5.21. The molecule has 1 saturated heterocycles. The van der Waals surface area contributed by atoms with E-state index >= 15 is 0 Å². The Kier molecular flexibility index (Phi) is 4.50. The van der Waals surface area contributed by atoms with Gasteiger partial charge in [-0.3, -0.25) is 15.0 Å². The van der Waals surface area contributed by atoms with Gasteiger partial charge in [0.1, 0.15) is 0 Å². The summed E-state index contributed by atoms with van der Waals surface area (Å²) in [7, 11) is 0. The van der Waals surface area contributed by atoms with Crippen molar-refractivity contribution in [3.8, 4) is 0 Å². The third-order valence-corrected chi connectivity index (χ3v) is 4.11. The number of nitro benzene ring substituents is 1. The van der Waals surface area contributed by atoms with E-state index in [1.807, 2.05) is 19.1 Å². The van der Waals surface area contributed by atoms with Gasteiger partial charge in [-0.05, 0) is 45.3 Å². The fourth-order valence-electron chi connectivity index (χ4n) is 2.78. The molecule has 0 saturated carbocycles. The van der Waals surface area contributed by atoms with Gasteiger partial charge < -0.3 is 5.73 Å². The highest BCUT2D eigenvalue weighted by atomic mass is 16.6. The first-order valence-electron chi connectivity index (χ1n) is 6.81. The van der Waals surface area contributed by atoms with Crippen LogP contribution >= 0.6 is 0 Å². The molecule has 0 aliphatic carbocycles. The van der Waals surface area contributed by atoms with Crippen molar-refractivity contribution < 1.29 is 4.92 Å². The Bertz CT molecular complexity index is 442. The van der Waals surface area contributed by atoms with Crippen LogP contribution in [0.2, 0.25) is 0 Å². The first-order chi connectivity index (χ1) is 9.13. The van der Waals surface area contributed by atoms with Crippen LogP contribution in [0.25, 0.3) is 0 Å². The molecule has 19 heavy (non-hydrogen) atoms. The highest BCUT2D eigenvalue weighted by molar-refractivity contribution is 5.41. The third-order valence-electron chi connectivity index (χ3n) is 4.11. The SMILES string of the molecule is CC(c1ccccc1[N+](=O)[O-])N1CCC(CN)CC1. The minimum atomic E-state index is -0.293. The Morgan fingerprint density at radius 1 is 1.42 bits per heavy atom. The minimum absolute atomic E-state index is 0.0836. The Morgan fingerprint density at radius 3 is 2.63 bits per heavy atom. The summed E-state index contributed by atoms with van der Waals surface area (Å²) in [4.78, 5) is 13.1. The standard InChI is InChI=1S/C14H21N3O2/c1-11(16-8-6-12(10-15)7-9-16)13-4-2-3-5-14(13)17(18)19/h2-5,11-12H,6-10,15H2,1H3. The molecule has 104 valence electrons. The van der Waals surface area contributed by atoms with Gasteiger partial charge in [0.05, 0.1) is 4.92 Å². The summed E-state index contributed by atoms with van der Waals surface area (Å²) in [6.07, 6.45) is 2.17. The van der Waals surface area contributed by atoms with Gasteiger partial charge in [0, 0.05) is 17.7 Å². The second-order valence-electron chi connectivity index (χ2n) is 5.21. The lowest BCUT2D eigenvalue weighted by Crippen LogP contribution is -2.37. The fourth-order valence-corrected chi connectivity index (χ4v) is 2.78. The second kappa shape index (κ2) is 6.12. The molecule has 1 aromatic carbocycles. The van der Waals surface area contributed by atoms with Crippen LogP contribution in [0.5, 0.6) is 0 Å². The summed E-state index contributed by atoms with van der Waals surface area (Å²) in [6, 6.07) is 7.11. The molecule has 2 N–H and O–H groups in total. The van der Waals surface area contributed by atoms with Crippen molar-refractivity contribution in [1.29, 1.82) is 0 Å². The fraction of sp³-hybridized carbons (Fsp3) is 0.571. The first-order valence-corrected chi connectivity index (χ1v) is 6.81. The molecule has 0 spiro atoms. The molecule has 0 radical (unpaired) electrons. The molecule has 1 atom stereocenters. The predicted molar refractivity (Wildman–Crippen MR) is 74.9 cm³/mol. The number of rotatable bonds is 4. The van der Waals surface area contributed by atoms with E-state index in [9.17, 15) is 10.1 Å². The van der Waals surface area contributed by atoms with Gasteiger partial charge in [-0.2, -0.15) is 0 Å². The van der Waals surface area contributed by atoms with Crippen LogP contribution in [-0.4, -0.2) is 29.5 Å². The number of hydrogen-bond donors (Lipinski definition) is 1. The van der Waals surface area contributed by atoms with Crippen LogP contribution in [0.3, 0.4) is 0 Å². The van der Waals surface area contributed by atoms with E-state index in [1.54, 1.807) is 12.1 Å². The first kappa shape index (κ1) is 14.0. The Morgan fingerprint density at radius 2 is 2.05 bits per heavy atom. The molecule has 2 rings (SSSR count). The average molecular weight is 263 g/mol. The summed E-state index contributed by atoms with van der Waals surface area (Å²) in [6.45, 7) is 4.73. The van der Waals surface area contributed by atoms with Gasteiger partial charge in [0.15, 0.2) is 0 Å². The van der Waals surface area contributed by atoms with Crippen molar-refractivity contribution >= 4 is 5.69 Å². The van der Waals surface area contributed by atoms with Crippen molar-refractivity contribution in [1.82, 2.24) is 4.90 Å². The van der Waals surface area contributed by atoms with E-state index in [0.29, 0.717) is 5.92 Å². The lowest BCUT2D eigenvalue weighted by molar-refractivity contribution is -0.386. The summed E-state index contributed by atoms with van der Waals surface area (Å²) < 4.78 is 0. The molecule has 5 nitrogen and oxygen atoms in total. The summed E-state index contributed by atoms with van der Waals surface area (Å²) in [5.41, 5.74) is 6.71. The summed E-state index contributed by atoms with van der Waals surface area (Å²) in [5, 5.41) is 11.1. The van der Waals surface area contributed by atoms with Crippen LogP contribution in [0.4, 0.5) is 5.69 Å². The van der Waals surface area contributed by atoms with E-state index in [0.717, 1.165) is 38.0 Å². The molecule has 1 aromatic rings. The monoisotopic (exact) mass is 263 g/mol. The zero-order valence-corrected chi connectivity index (χ0v) is 11.3. The number of nitro groups is 1. The van der Waals surface area contributed by atoms with Gasteiger partial charge in [0.25, 0.3) is 5.69 Å². The smallest absolute Gasteiger partial charge is 0.274 e. The molecule has 5 heteroatoms. The molecule has 1 aliphatic rings. The zero-order valence-electron chi connectivity index (χ0n) is 11.3. The van der Waals surface area contributed by atoms with Crippen LogP contribution in [0.1, 0.15) is 31.4 Å². The number of nitrogens with zero attached hydrogens (tertiary/aromatic N) is 2. The van der Waals surface area contributed by atoms with Crippen molar-refractivity contribution in [2.24, 2.45) is 11.7 Å². The van der Waals surface area contributed by atoms with Crippen LogP contribution < -0.4 is 5.73 Å². The number of para-hydroxylation sites is 1. The van der Waals surface area contributed by atoms with Crippen molar-refractivity contribution in [2.45, 2.75) is 25.8 Å². The number of likely N-dealkylation sites (tertiary alicyclic amines) is 1. The molecule has 1 heterocycles. The van der Waals surface area contributed by atoms with Gasteiger partial charge >= 0.3 is 0 Å². The van der Waals surface area contributed by atoms with Gasteiger partial charge in [-0.25, -0.2) is 0 Å². The topological polar surface area (TPSA) is 72.4 Å². The van der Waals surface area contributed by atoms with E-state index in [2.05, 4.69) is 4.90 Å². The Balaban J connectivity index is 2.12. The lowest BCUT2D eigenvalue weighted by atomic mass is 9.94. The number of benzene rings is 1. The molecule has 1 unspecified atom stereocenters. The maximum atomic E-state index is 11.1. The van der Waals surface area contributed by atoms with Crippen LogP contribution in [0, 0.1) is 16.0 Å². The summed E-state index contributed by atoms with van der Waals surface area (Å²) >= 11 is 0. The highest BCUT2D eigenvalue weighted by Gasteiger charge is 2.26. The largest absolute Gasteiger partial charge is 0.330 e. The number of hydrogen-bond acceptors (Lipinski definition) is 4. The highest BCUT2D eigenvalue weighted by Crippen LogP contribution is 2.31. The molecule has 0 amide bonds. The van der Waals surface area contributed by atoms with Crippen molar-refractivity contribution in [2.75, 3.05) is 19.6 Å². The zero-order chi connectivity index (χ0) is 13.8. The van der Waals surface area contributed by atoms with Gasteiger partial charge in [-0.15, -0.1) is 0 Å². The van der Waals surface area contributed by atoms with Crippen LogP contribution in [-0.2, 0) is 0 Å². The van der Waals surface area contributed by atoms with E-state index < -0.39 is 0 Å². The maximum absolute atomic E-state index is 11.1. The van der Waals surface area contributed by atoms with Gasteiger partial charge in [0.2, 0.25) is 0 Å². The number of piperidine rings is 1. The normalized spacial score (nSPS) is 19.3. The minimum Gasteiger partial charge on any atom is -0.330 e.